The summed E-state index contributed by atoms with van der Waals surface area (Å²) >= 11 is 9.41. The molecule has 0 bridgehead atoms. The molecule has 1 unspecified atom stereocenters. The van der Waals surface area contributed by atoms with Crippen LogP contribution in [0, 0.1) is 0 Å². The third-order valence-electron chi connectivity index (χ3n) is 2.89. The molecule has 1 amide bonds. The van der Waals surface area contributed by atoms with Gasteiger partial charge in [0.2, 0.25) is 0 Å². The van der Waals surface area contributed by atoms with E-state index < -0.39 is 6.10 Å². The molecule has 2 aromatic carbocycles. The van der Waals surface area contributed by atoms with E-state index in [9.17, 15) is 4.79 Å². The van der Waals surface area contributed by atoms with E-state index in [1.54, 1.807) is 13.0 Å². The van der Waals surface area contributed by atoms with Gasteiger partial charge in [0, 0.05) is 16.0 Å². The van der Waals surface area contributed by atoms with E-state index in [4.69, 9.17) is 16.3 Å². The summed E-state index contributed by atoms with van der Waals surface area (Å²) in [7, 11) is 0. The largest absolute Gasteiger partial charge is 0.481 e. The third-order valence-corrected chi connectivity index (χ3v) is 3.75. The van der Waals surface area contributed by atoms with Crippen molar-refractivity contribution in [2.75, 3.05) is 0 Å². The van der Waals surface area contributed by atoms with Crippen molar-refractivity contribution in [1.82, 2.24) is 5.32 Å². The number of rotatable bonds is 5. The summed E-state index contributed by atoms with van der Waals surface area (Å²) < 4.78 is 6.51. The lowest BCUT2D eigenvalue weighted by atomic mass is 10.2. The summed E-state index contributed by atoms with van der Waals surface area (Å²) in [4.78, 5) is 12.0. The van der Waals surface area contributed by atoms with Crippen LogP contribution in [0.2, 0.25) is 5.02 Å². The highest BCUT2D eigenvalue weighted by Crippen LogP contribution is 2.19. The molecular formula is C16H15BrClNO2. The molecule has 21 heavy (non-hydrogen) atoms. The molecule has 2 aromatic rings. The molecule has 2 rings (SSSR count). The van der Waals surface area contributed by atoms with Crippen LogP contribution < -0.4 is 10.1 Å². The summed E-state index contributed by atoms with van der Waals surface area (Å²) in [5.74, 6) is 0.458. The van der Waals surface area contributed by atoms with E-state index in [-0.39, 0.29) is 5.91 Å². The van der Waals surface area contributed by atoms with Gasteiger partial charge in [0.05, 0.1) is 0 Å². The molecule has 0 aromatic heterocycles. The number of benzene rings is 2. The van der Waals surface area contributed by atoms with Crippen molar-refractivity contribution in [2.45, 2.75) is 19.6 Å². The van der Waals surface area contributed by atoms with Crippen molar-refractivity contribution < 1.29 is 9.53 Å². The maximum Gasteiger partial charge on any atom is 0.261 e. The van der Waals surface area contributed by atoms with Gasteiger partial charge in [-0.15, -0.1) is 0 Å². The molecule has 110 valence electrons. The number of amides is 1. The van der Waals surface area contributed by atoms with Gasteiger partial charge in [-0.2, -0.15) is 0 Å². The highest BCUT2D eigenvalue weighted by atomic mass is 79.9. The minimum atomic E-state index is -0.582. The van der Waals surface area contributed by atoms with E-state index in [1.165, 1.54) is 0 Å². The lowest BCUT2D eigenvalue weighted by molar-refractivity contribution is -0.127. The van der Waals surface area contributed by atoms with Crippen molar-refractivity contribution in [3.63, 3.8) is 0 Å². The first-order chi connectivity index (χ1) is 10.1. The van der Waals surface area contributed by atoms with E-state index in [1.807, 2.05) is 42.5 Å². The molecule has 1 atom stereocenters. The molecule has 0 aliphatic rings. The molecule has 0 spiro atoms. The molecule has 5 heteroatoms. The number of ether oxygens (including phenoxy) is 1. The topological polar surface area (TPSA) is 38.3 Å². The molecule has 0 fully saturated rings. The molecule has 0 aliphatic heterocycles. The Balaban J connectivity index is 1.90. The third kappa shape index (κ3) is 4.76. The number of halogens is 2. The number of nitrogens with one attached hydrogen (secondary N) is 1. The van der Waals surface area contributed by atoms with Crippen LogP contribution in [0.5, 0.6) is 5.75 Å². The smallest absolute Gasteiger partial charge is 0.261 e. The van der Waals surface area contributed by atoms with E-state index in [2.05, 4.69) is 21.2 Å². The molecule has 0 aliphatic carbocycles. The number of hydrogen-bond donors (Lipinski definition) is 1. The second kappa shape index (κ2) is 7.48. The summed E-state index contributed by atoms with van der Waals surface area (Å²) in [5.41, 5.74) is 0.877. The summed E-state index contributed by atoms with van der Waals surface area (Å²) in [6.07, 6.45) is -0.582. The second-order valence-electron chi connectivity index (χ2n) is 4.53. The van der Waals surface area contributed by atoms with Gasteiger partial charge in [-0.25, -0.2) is 0 Å². The number of carbonyl (C=O) groups excluding carboxylic acids is 1. The number of carbonyl (C=O) groups is 1. The van der Waals surface area contributed by atoms with Crippen LogP contribution in [0.1, 0.15) is 12.5 Å². The fraction of sp³-hybridized carbons (Fsp3) is 0.188. The first-order valence-electron chi connectivity index (χ1n) is 6.49. The normalized spacial score (nSPS) is 11.8. The minimum Gasteiger partial charge on any atom is -0.481 e. The lowest BCUT2D eigenvalue weighted by Gasteiger charge is -2.15. The van der Waals surface area contributed by atoms with Gasteiger partial charge in [0.1, 0.15) is 5.75 Å². The Morgan fingerprint density at radius 3 is 2.76 bits per heavy atom. The molecule has 1 N–H and O–H groups in total. The van der Waals surface area contributed by atoms with Crippen LogP contribution >= 0.6 is 27.5 Å². The van der Waals surface area contributed by atoms with E-state index in [0.29, 0.717) is 17.3 Å². The molecular weight excluding hydrogens is 354 g/mol. The minimum absolute atomic E-state index is 0.185. The molecule has 0 saturated heterocycles. The standard InChI is InChI=1S/C16H15BrClNO2/c1-11(21-14-7-4-6-13(17)9-14)16(20)19-10-12-5-2-3-8-15(12)18/h2-9,11H,10H2,1H3,(H,19,20). The van der Waals surface area contributed by atoms with Gasteiger partial charge in [0.15, 0.2) is 6.10 Å². The zero-order valence-electron chi connectivity index (χ0n) is 11.5. The SMILES string of the molecule is CC(Oc1cccc(Br)c1)C(=O)NCc1ccccc1Cl. The summed E-state index contributed by atoms with van der Waals surface area (Å²) in [5, 5.41) is 3.45. The second-order valence-corrected chi connectivity index (χ2v) is 5.85. The maximum absolute atomic E-state index is 12.0. The molecule has 0 heterocycles. The van der Waals surface area contributed by atoms with Crippen LogP contribution in [-0.2, 0) is 11.3 Å². The van der Waals surface area contributed by atoms with Crippen molar-refractivity contribution >= 4 is 33.4 Å². The van der Waals surface area contributed by atoms with Crippen molar-refractivity contribution in [1.29, 1.82) is 0 Å². The fourth-order valence-corrected chi connectivity index (χ4v) is 2.35. The van der Waals surface area contributed by atoms with Crippen molar-refractivity contribution in [3.8, 4) is 5.75 Å². The first-order valence-corrected chi connectivity index (χ1v) is 7.66. The van der Waals surface area contributed by atoms with Gasteiger partial charge >= 0.3 is 0 Å². The predicted molar refractivity (Wildman–Crippen MR) is 87.5 cm³/mol. The van der Waals surface area contributed by atoms with Crippen LogP contribution in [0.3, 0.4) is 0 Å². The van der Waals surface area contributed by atoms with Gasteiger partial charge < -0.3 is 10.1 Å². The average Bonchev–Trinajstić information content (AvgIpc) is 2.46. The average molecular weight is 369 g/mol. The summed E-state index contributed by atoms with van der Waals surface area (Å²) in [6.45, 7) is 2.09. The zero-order valence-corrected chi connectivity index (χ0v) is 13.8. The maximum atomic E-state index is 12.0. The Morgan fingerprint density at radius 2 is 2.05 bits per heavy atom. The van der Waals surface area contributed by atoms with Gasteiger partial charge in [-0.1, -0.05) is 51.8 Å². The van der Waals surface area contributed by atoms with Crippen LogP contribution in [0.25, 0.3) is 0 Å². The highest BCUT2D eigenvalue weighted by Gasteiger charge is 2.14. The zero-order chi connectivity index (χ0) is 15.2. The monoisotopic (exact) mass is 367 g/mol. The Kier molecular flexibility index (Phi) is 5.65. The van der Waals surface area contributed by atoms with Crippen molar-refractivity contribution in [2.24, 2.45) is 0 Å². The first kappa shape index (κ1) is 15.9. The lowest BCUT2D eigenvalue weighted by Crippen LogP contribution is -2.35. The number of hydrogen-bond acceptors (Lipinski definition) is 2. The Labute approximate surface area is 137 Å². The Bertz CT molecular complexity index is 633. The van der Waals surface area contributed by atoms with Gasteiger partial charge in [-0.3, -0.25) is 4.79 Å². The summed E-state index contributed by atoms with van der Waals surface area (Å²) in [6, 6.07) is 14.8. The molecule has 3 nitrogen and oxygen atoms in total. The Morgan fingerprint density at radius 1 is 1.29 bits per heavy atom. The van der Waals surface area contributed by atoms with E-state index in [0.717, 1.165) is 10.0 Å². The fourth-order valence-electron chi connectivity index (χ4n) is 1.77. The molecule has 0 radical (unpaired) electrons. The Hall–Kier alpha value is -1.52. The van der Waals surface area contributed by atoms with Gasteiger partial charge in [0.25, 0.3) is 5.91 Å². The van der Waals surface area contributed by atoms with Crippen LogP contribution in [-0.4, -0.2) is 12.0 Å². The predicted octanol–water partition coefficient (Wildman–Crippen LogP) is 4.19. The highest BCUT2D eigenvalue weighted by molar-refractivity contribution is 9.10. The quantitative estimate of drug-likeness (QED) is 0.859. The van der Waals surface area contributed by atoms with Crippen LogP contribution in [0.4, 0.5) is 0 Å². The van der Waals surface area contributed by atoms with Crippen LogP contribution in [0.15, 0.2) is 53.0 Å². The van der Waals surface area contributed by atoms with Gasteiger partial charge in [-0.05, 0) is 36.8 Å². The molecule has 0 saturated carbocycles. The van der Waals surface area contributed by atoms with Crippen molar-refractivity contribution in [3.05, 3.63) is 63.6 Å². The van der Waals surface area contributed by atoms with E-state index >= 15 is 0 Å².